The van der Waals surface area contributed by atoms with Crippen LogP contribution in [0.15, 0.2) is 60.7 Å². The summed E-state index contributed by atoms with van der Waals surface area (Å²) in [6, 6.07) is 20.5. The van der Waals surface area contributed by atoms with Gasteiger partial charge in [-0.25, -0.2) is 0 Å². The first kappa shape index (κ1) is 14.9. The molecular weight excluding hydrogens is 342 g/mol. The van der Waals surface area contributed by atoms with Crippen LogP contribution in [-0.2, 0) is 0 Å². The molecule has 0 saturated heterocycles. The van der Waals surface area contributed by atoms with Gasteiger partial charge in [0.05, 0.1) is 0 Å². The third-order valence-corrected chi connectivity index (χ3v) is 6.88. The molecule has 2 aromatic rings. The van der Waals surface area contributed by atoms with Crippen molar-refractivity contribution in [2.24, 2.45) is 0 Å². The predicted molar refractivity (Wildman–Crippen MR) is 85.4 cm³/mol. The number of hydrogen-bond donors (Lipinski definition) is 0. The summed E-state index contributed by atoms with van der Waals surface area (Å²) in [5.74, 6) is 0. The molecule has 2 rings (SSSR count). The number of rotatable bonds is 6. The maximum absolute atomic E-state index is 6.41. The molecule has 0 aliphatic heterocycles. The minimum atomic E-state index is 0.112. The van der Waals surface area contributed by atoms with Crippen molar-refractivity contribution in [3.8, 4) is 0 Å². The summed E-state index contributed by atoms with van der Waals surface area (Å²) in [6.45, 7) is 0. The zero-order valence-corrected chi connectivity index (χ0v) is 13.7. The van der Waals surface area contributed by atoms with Crippen LogP contribution in [0.1, 0.15) is 21.9 Å². The van der Waals surface area contributed by atoms with Gasteiger partial charge in [0.1, 0.15) is 0 Å². The molecule has 0 bridgehead atoms. The average Bonchev–Trinajstić information content (AvgIpc) is 2.49. The van der Waals surface area contributed by atoms with Gasteiger partial charge in [-0.2, -0.15) is 0 Å². The van der Waals surface area contributed by atoms with Crippen LogP contribution in [0, 0.1) is 0 Å². The van der Waals surface area contributed by atoms with E-state index in [1.54, 1.807) is 0 Å². The summed E-state index contributed by atoms with van der Waals surface area (Å²) in [4.78, 5) is 0. The summed E-state index contributed by atoms with van der Waals surface area (Å²) in [7, 11) is 0. The second-order valence-corrected chi connectivity index (χ2v) is 7.60. The van der Waals surface area contributed by atoms with E-state index in [4.69, 9.17) is 23.2 Å². The summed E-state index contributed by atoms with van der Waals surface area (Å²) in [5.41, 5.74) is 2.41. The monoisotopic (exact) mass is 358 g/mol. The van der Waals surface area contributed by atoms with Crippen molar-refractivity contribution in [3.63, 3.8) is 0 Å². The predicted octanol–water partition coefficient (Wildman–Crippen LogP) is 5.49. The van der Waals surface area contributed by atoms with Crippen LogP contribution in [0.5, 0.6) is 0 Å². The van der Waals surface area contributed by atoms with Gasteiger partial charge < -0.3 is 0 Å². The zero-order valence-electron chi connectivity index (χ0n) is 10.5. The first-order valence-electron chi connectivity index (χ1n) is 6.23. The molecule has 0 N–H and O–H groups in total. The Bertz CT molecular complexity index is 427. The average molecular weight is 358 g/mol. The molecule has 2 aromatic carbocycles. The minimum absolute atomic E-state index is 0.112. The van der Waals surface area contributed by atoms with Gasteiger partial charge in [0.2, 0.25) is 0 Å². The molecule has 0 spiro atoms. The molecule has 0 aliphatic carbocycles. The van der Waals surface area contributed by atoms with E-state index in [0.29, 0.717) is 15.0 Å². The molecule has 3 heteroatoms. The van der Waals surface area contributed by atoms with Gasteiger partial charge in [-0.05, 0) is 0 Å². The Morgan fingerprint density at radius 3 is 1.42 bits per heavy atom. The Morgan fingerprint density at radius 2 is 1.05 bits per heavy atom. The molecule has 0 aromatic heterocycles. The SMILES string of the molecule is ClC(C[Se]CC(Cl)c1ccccc1)c1ccccc1. The van der Waals surface area contributed by atoms with Crippen molar-refractivity contribution in [2.75, 3.05) is 0 Å². The van der Waals surface area contributed by atoms with Crippen LogP contribution < -0.4 is 0 Å². The first-order chi connectivity index (χ1) is 9.27. The van der Waals surface area contributed by atoms with E-state index in [2.05, 4.69) is 24.3 Å². The van der Waals surface area contributed by atoms with Gasteiger partial charge in [-0.3, -0.25) is 0 Å². The summed E-state index contributed by atoms with van der Waals surface area (Å²) in [6.07, 6.45) is 0. The van der Waals surface area contributed by atoms with E-state index in [1.165, 1.54) is 11.1 Å². The van der Waals surface area contributed by atoms with E-state index in [0.717, 1.165) is 10.6 Å². The van der Waals surface area contributed by atoms with Crippen LogP contribution >= 0.6 is 23.2 Å². The first-order valence-corrected chi connectivity index (χ1v) is 9.52. The van der Waals surface area contributed by atoms with Crippen LogP contribution in [0.25, 0.3) is 0 Å². The molecule has 2 atom stereocenters. The molecule has 0 aliphatic rings. The standard InChI is InChI=1S/C16H16Cl2Se/c17-15(13-7-3-1-4-8-13)11-19-12-16(18)14-9-5-2-6-10-14/h1-10,15-16H,11-12H2. The number of benzene rings is 2. The Labute approximate surface area is 131 Å². The van der Waals surface area contributed by atoms with Gasteiger partial charge in [-0.15, -0.1) is 0 Å². The van der Waals surface area contributed by atoms with Crippen LogP contribution in [0.4, 0.5) is 0 Å². The fraction of sp³-hybridized carbons (Fsp3) is 0.250. The van der Waals surface area contributed by atoms with Gasteiger partial charge in [0, 0.05) is 0 Å². The van der Waals surface area contributed by atoms with Gasteiger partial charge in [-0.1, -0.05) is 0 Å². The fourth-order valence-corrected chi connectivity index (χ4v) is 4.97. The quantitative estimate of drug-likeness (QED) is 0.473. The third-order valence-electron chi connectivity index (χ3n) is 2.85. The second kappa shape index (κ2) is 7.97. The molecule has 19 heavy (non-hydrogen) atoms. The molecule has 0 nitrogen and oxygen atoms in total. The number of hydrogen-bond acceptors (Lipinski definition) is 0. The van der Waals surface area contributed by atoms with E-state index in [-0.39, 0.29) is 10.8 Å². The van der Waals surface area contributed by atoms with Gasteiger partial charge in [0.25, 0.3) is 0 Å². The van der Waals surface area contributed by atoms with Crippen molar-refractivity contribution in [2.45, 2.75) is 21.4 Å². The summed E-state index contributed by atoms with van der Waals surface area (Å²) in [5, 5.41) is 2.27. The van der Waals surface area contributed by atoms with E-state index < -0.39 is 0 Å². The molecule has 0 fully saturated rings. The van der Waals surface area contributed by atoms with Crippen molar-refractivity contribution in [3.05, 3.63) is 71.8 Å². The Morgan fingerprint density at radius 1 is 0.684 bits per heavy atom. The van der Waals surface area contributed by atoms with Crippen LogP contribution in [0.2, 0.25) is 10.6 Å². The molecule has 2 unspecified atom stereocenters. The van der Waals surface area contributed by atoms with Crippen molar-refractivity contribution >= 4 is 38.2 Å². The van der Waals surface area contributed by atoms with Crippen molar-refractivity contribution in [1.82, 2.24) is 0 Å². The molecule has 0 radical (unpaired) electrons. The second-order valence-electron chi connectivity index (χ2n) is 4.29. The van der Waals surface area contributed by atoms with Crippen LogP contribution in [0.3, 0.4) is 0 Å². The summed E-state index contributed by atoms with van der Waals surface area (Å²) < 4.78 is 0. The van der Waals surface area contributed by atoms with Gasteiger partial charge in [0.15, 0.2) is 0 Å². The number of halogens is 2. The third kappa shape index (κ3) is 4.85. The molecule has 0 amide bonds. The van der Waals surface area contributed by atoms with Crippen molar-refractivity contribution < 1.29 is 0 Å². The Balaban J connectivity index is 1.78. The summed E-state index contributed by atoms with van der Waals surface area (Å²) >= 11 is 13.3. The Hall–Kier alpha value is -0.461. The normalized spacial score (nSPS) is 14.0. The molecule has 100 valence electrons. The van der Waals surface area contributed by atoms with E-state index >= 15 is 0 Å². The fourth-order valence-electron chi connectivity index (χ4n) is 1.79. The topological polar surface area (TPSA) is 0 Å². The maximum atomic E-state index is 6.41. The van der Waals surface area contributed by atoms with Gasteiger partial charge >= 0.3 is 131 Å². The molecule has 0 heterocycles. The zero-order chi connectivity index (χ0) is 13.5. The van der Waals surface area contributed by atoms with E-state index in [1.807, 2.05) is 36.4 Å². The van der Waals surface area contributed by atoms with Crippen molar-refractivity contribution in [1.29, 1.82) is 0 Å². The van der Waals surface area contributed by atoms with Crippen LogP contribution in [-0.4, -0.2) is 15.0 Å². The number of alkyl halides is 2. The molecular formula is C16H16Cl2Se. The Kier molecular flexibility index (Phi) is 6.26. The molecule has 0 saturated carbocycles. The van der Waals surface area contributed by atoms with E-state index in [9.17, 15) is 0 Å².